The zero-order valence-electron chi connectivity index (χ0n) is 16.6. The summed E-state index contributed by atoms with van der Waals surface area (Å²) >= 11 is 1.77. The Labute approximate surface area is 175 Å². The molecule has 0 atom stereocenters. The number of benzene rings is 2. The summed E-state index contributed by atoms with van der Waals surface area (Å²) in [5.74, 6) is 0.875. The molecule has 2 heterocycles. The van der Waals surface area contributed by atoms with Crippen molar-refractivity contribution >= 4 is 33.5 Å². The summed E-state index contributed by atoms with van der Waals surface area (Å²) in [6.45, 7) is 6.95. The van der Waals surface area contributed by atoms with Gasteiger partial charge in [0.2, 0.25) is 5.91 Å². The van der Waals surface area contributed by atoms with Gasteiger partial charge in [0.1, 0.15) is 17.3 Å². The summed E-state index contributed by atoms with van der Waals surface area (Å²) in [6.07, 6.45) is 3.52. The highest BCUT2D eigenvalue weighted by Crippen LogP contribution is 2.21. The van der Waals surface area contributed by atoms with E-state index in [0.29, 0.717) is 6.61 Å². The van der Waals surface area contributed by atoms with Gasteiger partial charge in [0.25, 0.3) is 0 Å². The highest BCUT2D eigenvalue weighted by atomic mass is 32.1. The Hall–Kier alpha value is -2.70. The van der Waals surface area contributed by atoms with Gasteiger partial charge < -0.3 is 14.5 Å². The fourth-order valence-corrected chi connectivity index (χ4v) is 4.64. The molecule has 1 aliphatic heterocycles. The van der Waals surface area contributed by atoms with Crippen molar-refractivity contribution in [2.24, 2.45) is 0 Å². The third kappa shape index (κ3) is 4.83. The summed E-state index contributed by atoms with van der Waals surface area (Å²) < 4.78 is 6.87. The summed E-state index contributed by atoms with van der Waals surface area (Å²) in [7, 11) is 0. The van der Waals surface area contributed by atoms with Crippen LogP contribution in [0.25, 0.3) is 16.3 Å². The Morgan fingerprint density at radius 1 is 1.17 bits per heavy atom. The molecule has 29 heavy (non-hydrogen) atoms. The molecule has 4 rings (SSSR count). The molecule has 0 aliphatic carbocycles. The predicted molar refractivity (Wildman–Crippen MR) is 117 cm³/mol. The van der Waals surface area contributed by atoms with Gasteiger partial charge in [0.05, 0.1) is 43.0 Å². The van der Waals surface area contributed by atoms with E-state index in [4.69, 9.17) is 9.72 Å². The van der Waals surface area contributed by atoms with Crippen LogP contribution in [-0.2, 0) is 11.3 Å². The third-order valence-electron chi connectivity index (χ3n) is 5.15. The number of ether oxygens (including phenoxy) is 1. The number of amides is 1. The summed E-state index contributed by atoms with van der Waals surface area (Å²) in [5.41, 5.74) is 2.01. The van der Waals surface area contributed by atoms with E-state index < -0.39 is 0 Å². The van der Waals surface area contributed by atoms with E-state index in [1.165, 1.54) is 14.6 Å². The molecule has 150 valence electrons. The van der Waals surface area contributed by atoms with Crippen molar-refractivity contribution < 1.29 is 14.4 Å². The van der Waals surface area contributed by atoms with Crippen molar-refractivity contribution in [1.82, 2.24) is 9.88 Å². The molecule has 1 aromatic heterocycles. The smallest absolute Gasteiger partial charge is 0.246 e. The van der Waals surface area contributed by atoms with Gasteiger partial charge in [-0.2, -0.15) is 0 Å². The number of rotatable bonds is 6. The zero-order valence-corrected chi connectivity index (χ0v) is 17.5. The SMILES string of the molecule is CCOc1ccccc1/C=C/C(=O)N1CC[NH+](Cc2nc3ccccc3s2)CC1. The Balaban J connectivity index is 1.31. The molecule has 3 aromatic rings. The first-order valence-corrected chi connectivity index (χ1v) is 10.9. The van der Waals surface area contributed by atoms with Crippen molar-refractivity contribution in [2.45, 2.75) is 13.5 Å². The van der Waals surface area contributed by atoms with Crippen molar-refractivity contribution in [3.63, 3.8) is 0 Å². The minimum absolute atomic E-state index is 0.0651. The molecule has 2 aromatic carbocycles. The van der Waals surface area contributed by atoms with Crippen LogP contribution in [0.3, 0.4) is 0 Å². The monoisotopic (exact) mass is 408 g/mol. The molecule has 1 aliphatic rings. The van der Waals surface area contributed by atoms with Crippen LogP contribution in [0.1, 0.15) is 17.5 Å². The van der Waals surface area contributed by atoms with Crippen molar-refractivity contribution in [3.05, 3.63) is 65.2 Å². The first kappa shape index (κ1) is 19.6. The van der Waals surface area contributed by atoms with E-state index in [9.17, 15) is 4.79 Å². The molecule has 6 heteroatoms. The van der Waals surface area contributed by atoms with E-state index in [0.717, 1.165) is 49.6 Å². The number of fused-ring (bicyclic) bond motifs is 1. The van der Waals surface area contributed by atoms with Gasteiger partial charge in [-0.3, -0.25) is 4.79 Å². The van der Waals surface area contributed by atoms with Gasteiger partial charge in [-0.1, -0.05) is 30.3 Å². The number of nitrogens with one attached hydrogen (secondary N) is 1. The lowest BCUT2D eigenvalue weighted by Gasteiger charge is -2.31. The van der Waals surface area contributed by atoms with E-state index in [-0.39, 0.29) is 5.91 Å². The van der Waals surface area contributed by atoms with Crippen LogP contribution in [-0.4, -0.2) is 48.6 Å². The largest absolute Gasteiger partial charge is 0.493 e. The number of hydrogen-bond acceptors (Lipinski definition) is 4. The molecule has 1 fully saturated rings. The Bertz CT molecular complexity index is 973. The first-order chi connectivity index (χ1) is 14.2. The average Bonchev–Trinajstić information content (AvgIpc) is 3.16. The second-order valence-electron chi connectivity index (χ2n) is 7.13. The molecular formula is C23H26N3O2S+. The van der Waals surface area contributed by atoms with Crippen LogP contribution < -0.4 is 9.64 Å². The fourth-order valence-electron chi connectivity index (χ4n) is 3.60. The van der Waals surface area contributed by atoms with Crippen LogP contribution in [0.2, 0.25) is 0 Å². The van der Waals surface area contributed by atoms with Crippen LogP contribution >= 0.6 is 11.3 Å². The fraction of sp³-hybridized carbons (Fsp3) is 0.304. The summed E-state index contributed by atoms with van der Waals surface area (Å²) in [6, 6.07) is 16.1. The maximum atomic E-state index is 12.6. The third-order valence-corrected chi connectivity index (χ3v) is 6.18. The molecule has 0 bridgehead atoms. The van der Waals surface area contributed by atoms with E-state index in [2.05, 4.69) is 18.2 Å². The molecule has 1 amide bonds. The average molecular weight is 409 g/mol. The van der Waals surface area contributed by atoms with Gasteiger partial charge in [-0.15, -0.1) is 11.3 Å². The van der Waals surface area contributed by atoms with Crippen LogP contribution in [0.15, 0.2) is 54.6 Å². The summed E-state index contributed by atoms with van der Waals surface area (Å²) in [4.78, 5) is 20.8. The second-order valence-corrected chi connectivity index (χ2v) is 8.25. The quantitative estimate of drug-likeness (QED) is 0.638. The second kappa shape index (κ2) is 9.20. The van der Waals surface area contributed by atoms with Gasteiger partial charge in [0, 0.05) is 11.6 Å². The number of thiazole rings is 1. The Morgan fingerprint density at radius 2 is 1.93 bits per heavy atom. The van der Waals surface area contributed by atoms with Gasteiger partial charge in [-0.05, 0) is 31.2 Å². The Morgan fingerprint density at radius 3 is 2.72 bits per heavy atom. The Kier molecular flexibility index (Phi) is 6.22. The summed E-state index contributed by atoms with van der Waals surface area (Å²) in [5, 5.41) is 1.17. The number of quaternary nitrogens is 1. The number of aromatic nitrogens is 1. The standard InChI is InChI=1S/C23H25N3O2S/c1-2-28-20-9-5-3-7-18(20)11-12-23(27)26-15-13-25(14-16-26)17-22-24-19-8-4-6-10-21(19)29-22/h3-12H,2,13-17H2,1H3/p+1/b12-11+. The lowest BCUT2D eigenvalue weighted by molar-refractivity contribution is -0.917. The van der Waals surface area contributed by atoms with E-state index >= 15 is 0 Å². The molecule has 1 N–H and O–H groups in total. The predicted octanol–water partition coefficient (Wildman–Crippen LogP) is 2.64. The van der Waals surface area contributed by atoms with Gasteiger partial charge >= 0.3 is 0 Å². The lowest BCUT2D eigenvalue weighted by Crippen LogP contribution is -3.13. The number of nitrogens with zero attached hydrogens (tertiary/aromatic N) is 2. The van der Waals surface area contributed by atoms with E-state index in [1.54, 1.807) is 17.4 Å². The van der Waals surface area contributed by atoms with Crippen LogP contribution in [0, 0.1) is 0 Å². The minimum Gasteiger partial charge on any atom is -0.493 e. The lowest BCUT2D eigenvalue weighted by atomic mass is 10.2. The number of piperazine rings is 1. The highest BCUT2D eigenvalue weighted by Gasteiger charge is 2.23. The molecular weight excluding hydrogens is 382 g/mol. The topological polar surface area (TPSA) is 46.9 Å². The number of hydrogen-bond donors (Lipinski definition) is 1. The number of para-hydroxylation sites is 2. The molecule has 0 radical (unpaired) electrons. The first-order valence-electron chi connectivity index (χ1n) is 10.1. The molecule has 1 saturated heterocycles. The van der Waals surface area contributed by atoms with Gasteiger partial charge in [-0.25, -0.2) is 4.98 Å². The van der Waals surface area contributed by atoms with Crippen molar-refractivity contribution in [3.8, 4) is 5.75 Å². The molecule has 5 nitrogen and oxygen atoms in total. The van der Waals surface area contributed by atoms with Gasteiger partial charge in [0.15, 0.2) is 0 Å². The van der Waals surface area contributed by atoms with Crippen molar-refractivity contribution in [1.29, 1.82) is 0 Å². The van der Waals surface area contributed by atoms with E-state index in [1.807, 2.05) is 48.2 Å². The normalized spacial score (nSPS) is 15.3. The van der Waals surface area contributed by atoms with Crippen molar-refractivity contribution in [2.75, 3.05) is 32.8 Å². The molecule has 0 saturated carbocycles. The number of carbonyl (C=O) groups excluding carboxylic acids is 1. The maximum absolute atomic E-state index is 12.6. The molecule has 0 unspecified atom stereocenters. The minimum atomic E-state index is 0.0651. The zero-order chi connectivity index (χ0) is 20.1. The highest BCUT2D eigenvalue weighted by molar-refractivity contribution is 7.18. The number of carbonyl (C=O) groups is 1. The van der Waals surface area contributed by atoms with Crippen LogP contribution in [0.5, 0.6) is 5.75 Å². The van der Waals surface area contributed by atoms with Crippen LogP contribution in [0.4, 0.5) is 0 Å². The molecule has 0 spiro atoms. The maximum Gasteiger partial charge on any atom is 0.246 e.